The quantitative estimate of drug-likeness (QED) is 0.484. The van der Waals surface area contributed by atoms with Crippen LogP contribution >= 0.6 is 9.39 Å². The van der Waals surface area contributed by atoms with Gasteiger partial charge in [-0.15, -0.1) is 0 Å². The molecule has 58 valence electrons. The zero-order chi connectivity index (χ0) is 7.52. The first-order chi connectivity index (χ1) is 4.55. The average molecular weight is 157 g/mol. The Kier molecular flexibility index (Phi) is 1.24. The van der Waals surface area contributed by atoms with Crippen LogP contribution in [0.5, 0.6) is 0 Å². The van der Waals surface area contributed by atoms with Gasteiger partial charge in [0.15, 0.2) is 0 Å². The molecule has 4 atom stereocenters. The molecule has 0 bridgehead atoms. The summed E-state index contributed by atoms with van der Waals surface area (Å²) < 4.78 is 2.40. The molecule has 1 heterocycles. The smallest absolute Gasteiger partial charge is 0.0138 e. The Labute approximate surface area is 65.4 Å². The van der Waals surface area contributed by atoms with Crippen molar-refractivity contribution in [2.75, 3.05) is 6.54 Å². The molecule has 1 aliphatic heterocycles. The molecule has 1 nitrogen and oxygen atoms in total. The van der Waals surface area contributed by atoms with E-state index in [1.165, 1.54) is 6.54 Å². The van der Waals surface area contributed by atoms with Crippen molar-refractivity contribution in [3.8, 4) is 0 Å². The van der Waals surface area contributed by atoms with Gasteiger partial charge in [0.2, 0.25) is 0 Å². The van der Waals surface area contributed by atoms with Crippen LogP contribution in [-0.4, -0.2) is 17.3 Å². The maximum atomic E-state index is 2.83. The summed E-state index contributed by atoms with van der Waals surface area (Å²) in [5.41, 5.74) is 0.659. The van der Waals surface area contributed by atoms with Gasteiger partial charge in [0.1, 0.15) is 0 Å². The molecule has 3 unspecified atom stereocenters. The highest BCUT2D eigenvalue weighted by Crippen LogP contribution is 2.65. The van der Waals surface area contributed by atoms with Gasteiger partial charge in [-0.3, -0.25) is 4.67 Å². The van der Waals surface area contributed by atoms with Gasteiger partial charge in [0, 0.05) is 12.6 Å². The van der Waals surface area contributed by atoms with E-state index in [1.54, 1.807) is 0 Å². The average Bonchev–Trinajstić information content (AvgIpc) is 2.12. The normalized spacial score (nSPS) is 51.0. The van der Waals surface area contributed by atoms with Crippen LogP contribution in [-0.2, 0) is 0 Å². The highest BCUT2D eigenvalue weighted by molar-refractivity contribution is 7.13. The molecule has 10 heavy (non-hydrogen) atoms. The highest BCUT2D eigenvalue weighted by atomic mass is 31.0. The van der Waals surface area contributed by atoms with Crippen LogP contribution in [0.1, 0.15) is 20.8 Å². The summed E-state index contributed by atoms with van der Waals surface area (Å²) in [6, 6.07) is 0.796. The third-order valence-corrected chi connectivity index (χ3v) is 4.27. The van der Waals surface area contributed by atoms with E-state index in [0.29, 0.717) is 5.41 Å². The SMILES string of the molecule is CC1[C@@H]2C(CN1P)C2(C)C. The topological polar surface area (TPSA) is 3.24 Å². The molecule has 0 N–H and O–H groups in total. The summed E-state index contributed by atoms with van der Waals surface area (Å²) >= 11 is 0. The van der Waals surface area contributed by atoms with Crippen LogP contribution in [0.3, 0.4) is 0 Å². The van der Waals surface area contributed by atoms with E-state index < -0.39 is 0 Å². The second-order valence-electron chi connectivity index (χ2n) is 4.39. The van der Waals surface area contributed by atoms with E-state index in [9.17, 15) is 0 Å². The summed E-state index contributed by atoms with van der Waals surface area (Å²) in [4.78, 5) is 0. The van der Waals surface area contributed by atoms with E-state index in [2.05, 4.69) is 34.8 Å². The first-order valence-electron chi connectivity index (χ1n) is 4.06. The molecule has 0 amide bonds. The lowest BCUT2D eigenvalue weighted by Gasteiger charge is -2.22. The van der Waals surface area contributed by atoms with Gasteiger partial charge in [-0.2, -0.15) is 0 Å². The minimum atomic E-state index is 0.659. The molecule has 1 saturated carbocycles. The molecule has 1 saturated heterocycles. The molecule has 0 aromatic rings. The fraction of sp³-hybridized carbons (Fsp3) is 1.00. The molecule has 1 aliphatic carbocycles. The highest BCUT2D eigenvalue weighted by Gasteiger charge is 2.64. The van der Waals surface area contributed by atoms with Gasteiger partial charge in [-0.25, -0.2) is 0 Å². The zero-order valence-electron chi connectivity index (χ0n) is 6.96. The molecule has 2 heteroatoms. The molecular formula is C8H16NP. The van der Waals surface area contributed by atoms with Gasteiger partial charge < -0.3 is 0 Å². The fourth-order valence-electron chi connectivity index (χ4n) is 2.69. The molecule has 0 radical (unpaired) electrons. The van der Waals surface area contributed by atoms with E-state index in [-0.39, 0.29) is 0 Å². The second-order valence-corrected chi connectivity index (χ2v) is 5.05. The Bertz CT molecular complexity index is 165. The Morgan fingerprint density at radius 3 is 2.40 bits per heavy atom. The fourth-order valence-corrected chi connectivity index (χ4v) is 3.11. The van der Waals surface area contributed by atoms with E-state index in [4.69, 9.17) is 0 Å². The first-order valence-corrected chi connectivity index (χ1v) is 4.58. The molecule has 0 aromatic heterocycles. The first kappa shape index (κ1) is 7.06. The van der Waals surface area contributed by atoms with Crippen LogP contribution in [0.2, 0.25) is 0 Å². The van der Waals surface area contributed by atoms with Crippen LogP contribution < -0.4 is 0 Å². The largest absolute Gasteiger partial charge is 0.284 e. The lowest BCUT2D eigenvalue weighted by Crippen LogP contribution is -2.25. The van der Waals surface area contributed by atoms with E-state index in [1.807, 2.05) is 0 Å². The maximum absolute atomic E-state index is 2.83. The monoisotopic (exact) mass is 157 g/mol. The molecule has 2 fully saturated rings. The van der Waals surface area contributed by atoms with E-state index in [0.717, 1.165) is 17.9 Å². The second kappa shape index (κ2) is 1.76. The lowest BCUT2D eigenvalue weighted by molar-refractivity contribution is 0.319. The zero-order valence-corrected chi connectivity index (χ0v) is 8.12. The Morgan fingerprint density at radius 2 is 2.10 bits per heavy atom. The van der Waals surface area contributed by atoms with Crippen LogP contribution in [0.15, 0.2) is 0 Å². The van der Waals surface area contributed by atoms with Crippen LogP contribution in [0, 0.1) is 17.3 Å². The molecular weight excluding hydrogens is 141 g/mol. The predicted octanol–water partition coefficient (Wildman–Crippen LogP) is 1.75. The Hall–Kier alpha value is 0.390. The van der Waals surface area contributed by atoms with Crippen molar-refractivity contribution >= 4 is 9.39 Å². The lowest BCUT2D eigenvalue weighted by atomic mass is 10.0. The van der Waals surface area contributed by atoms with Gasteiger partial charge in [0.05, 0.1) is 0 Å². The number of rotatable bonds is 0. The van der Waals surface area contributed by atoms with Crippen LogP contribution in [0.25, 0.3) is 0 Å². The molecule has 2 rings (SSSR count). The number of piperidine rings is 1. The molecule has 2 aliphatic rings. The number of fused-ring (bicyclic) bond motifs is 1. The minimum Gasteiger partial charge on any atom is -0.284 e. The van der Waals surface area contributed by atoms with Gasteiger partial charge in [-0.1, -0.05) is 23.2 Å². The number of nitrogens with zero attached hydrogens (tertiary/aromatic N) is 1. The predicted molar refractivity (Wildman–Crippen MR) is 46.6 cm³/mol. The molecule has 0 aromatic carbocycles. The summed E-state index contributed by atoms with van der Waals surface area (Å²) in [7, 11) is 2.83. The van der Waals surface area contributed by atoms with Crippen molar-refractivity contribution in [3.05, 3.63) is 0 Å². The van der Waals surface area contributed by atoms with Crippen molar-refractivity contribution in [3.63, 3.8) is 0 Å². The van der Waals surface area contributed by atoms with Crippen molar-refractivity contribution < 1.29 is 0 Å². The van der Waals surface area contributed by atoms with Crippen molar-refractivity contribution in [2.24, 2.45) is 17.3 Å². The summed E-state index contributed by atoms with van der Waals surface area (Å²) in [6.45, 7) is 8.43. The summed E-state index contributed by atoms with van der Waals surface area (Å²) in [5, 5.41) is 0. The minimum absolute atomic E-state index is 0.659. The number of hydrogen-bond acceptors (Lipinski definition) is 1. The van der Waals surface area contributed by atoms with Crippen molar-refractivity contribution in [1.82, 2.24) is 4.67 Å². The molecule has 0 spiro atoms. The summed E-state index contributed by atoms with van der Waals surface area (Å²) in [5.74, 6) is 1.96. The third kappa shape index (κ3) is 0.658. The van der Waals surface area contributed by atoms with Crippen molar-refractivity contribution in [2.45, 2.75) is 26.8 Å². The van der Waals surface area contributed by atoms with Gasteiger partial charge >= 0.3 is 0 Å². The van der Waals surface area contributed by atoms with Gasteiger partial charge in [0.25, 0.3) is 0 Å². The number of hydrogen-bond donors (Lipinski definition) is 0. The van der Waals surface area contributed by atoms with Gasteiger partial charge in [-0.05, 0) is 24.2 Å². The Morgan fingerprint density at radius 1 is 1.50 bits per heavy atom. The van der Waals surface area contributed by atoms with E-state index >= 15 is 0 Å². The standard InChI is InChI=1S/C8H16NP/c1-5-7-6(4-9(5)10)8(7,2)3/h5-7H,4,10H2,1-3H3/t5?,6?,7-/m1/s1. The third-order valence-electron chi connectivity index (χ3n) is 3.59. The maximum Gasteiger partial charge on any atom is 0.0138 e. The van der Waals surface area contributed by atoms with Crippen LogP contribution in [0.4, 0.5) is 0 Å². The summed E-state index contributed by atoms with van der Waals surface area (Å²) in [6.07, 6.45) is 0. The van der Waals surface area contributed by atoms with Crippen molar-refractivity contribution in [1.29, 1.82) is 0 Å². The Balaban J connectivity index is 2.13.